The van der Waals surface area contributed by atoms with Gasteiger partial charge in [-0.2, -0.15) is 33.1 Å². The van der Waals surface area contributed by atoms with Crippen molar-refractivity contribution in [1.82, 2.24) is 24.1 Å². The van der Waals surface area contributed by atoms with Gasteiger partial charge in [-0.3, -0.25) is 9.36 Å². The predicted octanol–water partition coefficient (Wildman–Crippen LogP) is 8.93. The largest absolute Gasteiger partial charge is 2.00 e. The van der Waals surface area contributed by atoms with Gasteiger partial charge < -0.3 is 14.4 Å². The fourth-order valence-electron chi connectivity index (χ4n) is 5.95. The fourth-order valence-corrected chi connectivity index (χ4v) is 5.95. The summed E-state index contributed by atoms with van der Waals surface area (Å²) in [4.78, 5) is 4.18. The Morgan fingerprint density at radius 1 is 0.553 bits per heavy atom. The number of rotatable bonds is 7. The van der Waals surface area contributed by atoms with Crippen molar-refractivity contribution in [2.45, 2.75) is 0 Å². The van der Waals surface area contributed by atoms with Gasteiger partial charge in [-0.05, 0) is 59.9 Å². The Hall–Kier alpha value is -5.46. The fraction of sp³-hybridized carbons (Fsp3) is 0.0526. The molecule has 9 heteroatoms. The first kappa shape index (κ1) is 30.2. The minimum Gasteiger partial charge on any atom is -0.409 e. The summed E-state index contributed by atoms with van der Waals surface area (Å²) in [5, 5.41) is 11.2. The standard InChI is InChI=1S/C38H28FN7.Pt/c1-42-23-21-37(40-42)44(28-9-5-3-6-10-28)31-17-19-35-33(25-31)34-26-32(18-20-36(34)46(35)30-15-13-27(39)14-16-30)45(29-11-7-4-8-12-29)38-22-24-43(2)41-38;/h3-24H,1-2H3;/q-2;+2. The molecule has 0 unspecified atom stereocenters. The molecule has 0 N–H and O–H groups in total. The zero-order valence-electron chi connectivity index (χ0n) is 25.5. The van der Waals surface area contributed by atoms with Gasteiger partial charge in [0.2, 0.25) is 0 Å². The second kappa shape index (κ2) is 12.4. The van der Waals surface area contributed by atoms with Gasteiger partial charge >= 0.3 is 21.1 Å². The molecule has 0 amide bonds. The van der Waals surface area contributed by atoms with E-state index >= 15 is 0 Å². The Kier molecular flexibility index (Phi) is 7.96. The van der Waals surface area contributed by atoms with Crippen LogP contribution in [0.15, 0.2) is 134 Å². The van der Waals surface area contributed by atoms with E-state index in [2.05, 4.69) is 62.9 Å². The SMILES string of the molecule is Cn1ccc(N(c2[c-]c3c4[c-]c(N(c5ccccc5)c5ccn(C)n5)ccc4n(-c4ccc(F)cc4)c3cc2)c2ccccc2)n1.[Pt+2]. The Morgan fingerprint density at radius 2 is 1.00 bits per heavy atom. The van der Waals surface area contributed by atoms with Gasteiger partial charge in [0.1, 0.15) is 5.82 Å². The first-order chi connectivity index (χ1) is 22.5. The van der Waals surface area contributed by atoms with E-state index in [9.17, 15) is 4.39 Å². The number of para-hydroxylation sites is 2. The third kappa shape index (κ3) is 5.51. The van der Waals surface area contributed by atoms with Gasteiger partial charge in [0.25, 0.3) is 0 Å². The summed E-state index contributed by atoms with van der Waals surface area (Å²) >= 11 is 0. The smallest absolute Gasteiger partial charge is 0.409 e. The van der Waals surface area contributed by atoms with Crippen molar-refractivity contribution in [3.8, 4) is 5.69 Å². The van der Waals surface area contributed by atoms with Crippen LogP contribution in [0, 0.1) is 17.9 Å². The van der Waals surface area contributed by atoms with Gasteiger partial charge in [-0.1, -0.05) is 47.4 Å². The molecule has 3 heterocycles. The van der Waals surface area contributed by atoms with Crippen LogP contribution in [0.4, 0.5) is 38.8 Å². The molecule has 3 aromatic heterocycles. The van der Waals surface area contributed by atoms with Crippen LogP contribution in [-0.2, 0) is 35.2 Å². The normalized spacial score (nSPS) is 11.1. The molecule has 0 aliphatic rings. The molecule has 232 valence electrons. The van der Waals surface area contributed by atoms with E-state index in [0.29, 0.717) is 0 Å². The van der Waals surface area contributed by atoms with Crippen LogP contribution >= 0.6 is 0 Å². The summed E-state index contributed by atoms with van der Waals surface area (Å²) in [5.74, 6) is 1.28. The quantitative estimate of drug-likeness (QED) is 0.151. The predicted molar refractivity (Wildman–Crippen MR) is 181 cm³/mol. The van der Waals surface area contributed by atoms with Crippen molar-refractivity contribution in [3.63, 3.8) is 0 Å². The summed E-state index contributed by atoms with van der Waals surface area (Å²) in [7, 11) is 3.82. The molecule has 0 aliphatic heterocycles. The van der Waals surface area contributed by atoms with Crippen LogP contribution in [-0.4, -0.2) is 24.1 Å². The number of halogens is 1. The van der Waals surface area contributed by atoms with Gasteiger partial charge in [-0.25, -0.2) is 4.39 Å². The molecule has 0 bridgehead atoms. The number of benzene rings is 5. The summed E-state index contributed by atoms with van der Waals surface area (Å²) < 4.78 is 19.8. The number of aryl methyl sites for hydroxylation is 2. The molecule has 0 saturated carbocycles. The van der Waals surface area contributed by atoms with Gasteiger partial charge in [-0.15, -0.1) is 24.3 Å². The van der Waals surface area contributed by atoms with Crippen LogP contribution in [0.25, 0.3) is 27.5 Å². The average Bonchev–Trinajstić information content (AvgIpc) is 3.80. The maximum Gasteiger partial charge on any atom is 2.00 e. The number of hydrogen-bond acceptors (Lipinski definition) is 4. The van der Waals surface area contributed by atoms with E-state index in [1.807, 2.05) is 87.2 Å². The van der Waals surface area contributed by atoms with E-state index in [0.717, 1.165) is 61.9 Å². The molecule has 0 radical (unpaired) electrons. The molecule has 0 aliphatic carbocycles. The van der Waals surface area contributed by atoms with Crippen LogP contribution < -0.4 is 9.80 Å². The summed E-state index contributed by atoms with van der Waals surface area (Å²) in [6.45, 7) is 0. The maximum atomic E-state index is 14.0. The van der Waals surface area contributed by atoms with Crippen molar-refractivity contribution in [1.29, 1.82) is 0 Å². The van der Waals surface area contributed by atoms with E-state index < -0.39 is 0 Å². The van der Waals surface area contributed by atoms with Crippen molar-refractivity contribution >= 4 is 56.2 Å². The topological polar surface area (TPSA) is 47.0 Å². The first-order valence-electron chi connectivity index (χ1n) is 14.9. The van der Waals surface area contributed by atoms with Crippen LogP contribution in [0.1, 0.15) is 0 Å². The second-order valence-electron chi connectivity index (χ2n) is 11.1. The van der Waals surface area contributed by atoms with Gasteiger partial charge in [0.15, 0.2) is 11.6 Å². The van der Waals surface area contributed by atoms with Crippen molar-refractivity contribution in [2.75, 3.05) is 9.80 Å². The molecule has 8 rings (SSSR count). The number of nitrogens with zero attached hydrogens (tertiary/aromatic N) is 7. The van der Waals surface area contributed by atoms with Gasteiger partial charge in [0, 0.05) is 55.7 Å². The average molecular weight is 797 g/mol. The maximum absolute atomic E-state index is 14.0. The Morgan fingerprint density at radius 3 is 1.40 bits per heavy atom. The van der Waals surface area contributed by atoms with Crippen molar-refractivity contribution < 1.29 is 25.5 Å². The number of hydrogen-bond donors (Lipinski definition) is 0. The van der Waals surface area contributed by atoms with E-state index in [1.54, 1.807) is 21.5 Å². The molecule has 7 nitrogen and oxygen atoms in total. The summed E-state index contributed by atoms with van der Waals surface area (Å²) in [6, 6.07) is 46.6. The third-order valence-corrected chi connectivity index (χ3v) is 8.00. The molecule has 8 aromatic rings. The molecule has 0 spiro atoms. The molecule has 0 saturated heterocycles. The van der Waals surface area contributed by atoms with Crippen LogP contribution in [0.3, 0.4) is 0 Å². The van der Waals surface area contributed by atoms with Crippen LogP contribution in [0.2, 0.25) is 0 Å². The zero-order valence-corrected chi connectivity index (χ0v) is 27.8. The zero-order chi connectivity index (χ0) is 31.2. The second-order valence-corrected chi connectivity index (χ2v) is 11.1. The van der Waals surface area contributed by atoms with E-state index in [4.69, 9.17) is 10.2 Å². The Balaban J connectivity index is 0.00000351. The van der Waals surface area contributed by atoms with E-state index in [1.165, 1.54) is 12.1 Å². The minimum absolute atomic E-state index is 0. The Bertz CT molecular complexity index is 2170. The number of anilines is 6. The molecule has 0 atom stereocenters. The van der Waals surface area contributed by atoms with Crippen molar-refractivity contribution in [2.24, 2.45) is 14.1 Å². The Labute approximate surface area is 286 Å². The summed E-state index contributed by atoms with van der Waals surface area (Å²) in [6.07, 6.45) is 3.86. The minimum atomic E-state index is -0.282. The molecule has 5 aromatic carbocycles. The van der Waals surface area contributed by atoms with E-state index in [-0.39, 0.29) is 26.9 Å². The monoisotopic (exact) mass is 796 g/mol. The molecule has 0 fully saturated rings. The van der Waals surface area contributed by atoms with Gasteiger partial charge in [0.05, 0.1) is 0 Å². The summed E-state index contributed by atoms with van der Waals surface area (Å²) in [5.41, 5.74) is 6.30. The first-order valence-corrected chi connectivity index (χ1v) is 14.9. The number of aromatic nitrogens is 5. The number of fused-ring (bicyclic) bond motifs is 3. The van der Waals surface area contributed by atoms with Crippen LogP contribution in [0.5, 0.6) is 0 Å². The molecular weight excluding hydrogens is 769 g/mol. The third-order valence-electron chi connectivity index (χ3n) is 8.00. The molecular formula is C38H28FN7Pt. The molecule has 47 heavy (non-hydrogen) atoms. The van der Waals surface area contributed by atoms with Crippen molar-refractivity contribution in [3.05, 3.63) is 152 Å².